The number of hydrogen-bond acceptors (Lipinski definition) is 3. The third-order valence-corrected chi connectivity index (χ3v) is 2.96. The molecule has 2 aromatic heterocycles. The Kier molecular flexibility index (Phi) is 2.31. The van der Waals surface area contributed by atoms with Crippen molar-refractivity contribution in [3.8, 4) is 17.3 Å². The molecule has 0 spiro atoms. The lowest BCUT2D eigenvalue weighted by Gasteiger charge is -2.06. The van der Waals surface area contributed by atoms with Crippen molar-refractivity contribution in [2.45, 2.75) is 0 Å². The molecule has 0 saturated heterocycles. The summed E-state index contributed by atoms with van der Waals surface area (Å²) in [5.41, 5.74) is 3.30. The Balaban J connectivity index is 2.35. The summed E-state index contributed by atoms with van der Waals surface area (Å²) in [6.07, 6.45) is 3.47. The van der Waals surface area contributed by atoms with E-state index in [0.29, 0.717) is 5.56 Å². The normalized spacial score (nSPS) is 10.4. The molecule has 3 aromatic rings. The van der Waals surface area contributed by atoms with Crippen molar-refractivity contribution in [1.82, 2.24) is 14.8 Å². The fourth-order valence-corrected chi connectivity index (χ4v) is 2.06. The predicted molar refractivity (Wildman–Crippen MR) is 68.7 cm³/mol. The highest BCUT2D eigenvalue weighted by molar-refractivity contribution is 5.87. The van der Waals surface area contributed by atoms with Gasteiger partial charge in [0.2, 0.25) is 0 Å². The minimum absolute atomic E-state index is 0.638. The molecule has 2 heterocycles. The number of hydrogen-bond donors (Lipinski definition) is 0. The molecule has 0 aliphatic rings. The smallest absolute Gasteiger partial charge is 0.0999 e. The molecule has 0 aliphatic carbocycles. The molecule has 4 nitrogen and oxygen atoms in total. The molecule has 1 aromatic carbocycles. The van der Waals surface area contributed by atoms with Gasteiger partial charge in [-0.3, -0.25) is 9.67 Å². The molecule has 0 radical (unpaired) electrons. The third kappa shape index (κ3) is 1.54. The number of fused-ring (bicyclic) bond motifs is 1. The van der Waals surface area contributed by atoms with Crippen molar-refractivity contribution >= 4 is 10.9 Å². The molecule has 18 heavy (non-hydrogen) atoms. The van der Waals surface area contributed by atoms with Crippen LogP contribution in [0.5, 0.6) is 0 Å². The van der Waals surface area contributed by atoms with E-state index in [1.54, 1.807) is 17.1 Å². The Labute approximate surface area is 104 Å². The largest absolute Gasteiger partial charge is 0.268 e. The summed E-state index contributed by atoms with van der Waals surface area (Å²) in [6.45, 7) is 0. The van der Waals surface area contributed by atoms with Gasteiger partial charge in [0.05, 0.1) is 22.8 Å². The van der Waals surface area contributed by atoms with Gasteiger partial charge >= 0.3 is 0 Å². The molecular formula is C14H10N4. The van der Waals surface area contributed by atoms with Crippen molar-refractivity contribution in [2.75, 3.05) is 0 Å². The quantitative estimate of drug-likeness (QED) is 0.650. The van der Waals surface area contributed by atoms with Crippen LogP contribution in [0, 0.1) is 11.3 Å². The first kappa shape index (κ1) is 10.5. The Morgan fingerprint density at radius 3 is 2.83 bits per heavy atom. The van der Waals surface area contributed by atoms with Crippen LogP contribution in [0.25, 0.3) is 22.2 Å². The van der Waals surface area contributed by atoms with Crippen LogP contribution in [-0.4, -0.2) is 14.8 Å². The van der Waals surface area contributed by atoms with Crippen LogP contribution in [0.4, 0.5) is 0 Å². The van der Waals surface area contributed by atoms with Crippen molar-refractivity contribution in [1.29, 1.82) is 5.26 Å². The minimum atomic E-state index is 0.638. The molecule has 0 amide bonds. The molecule has 0 aliphatic heterocycles. The summed E-state index contributed by atoms with van der Waals surface area (Å²) in [5, 5.41) is 14.4. The number of pyridine rings is 1. The van der Waals surface area contributed by atoms with Gasteiger partial charge in [-0.25, -0.2) is 0 Å². The van der Waals surface area contributed by atoms with E-state index in [9.17, 15) is 5.26 Å². The fraction of sp³-hybridized carbons (Fsp3) is 0.0714. The maximum Gasteiger partial charge on any atom is 0.0999 e. The molecule has 0 N–H and O–H groups in total. The standard InChI is InChI=1S/C14H10N4/c1-18-14(4-6-17-18)12-8-13-10(3-2-5-16-13)7-11(12)9-15/h2-8H,1H3. The fourth-order valence-electron chi connectivity index (χ4n) is 2.06. The maximum atomic E-state index is 9.27. The molecule has 86 valence electrons. The molecule has 0 unspecified atom stereocenters. The van der Waals surface area contributed by atoms with Crippen LogP contribution in [0.2, 0.25) is 0 Å². The van der Waals surface area contributed by atoms with Crippen molar-refractivity contribution in [2.24, 2.45) is 7.05 Å². The van der Waals surface area contributed by atoms with E-state index < -0.39 is 0 Å². The van der Waals surface area contributed by atoms with Crippen LogP contribution < -0.4 is 0 Å². The highest BCUT2D eigenvalue weighted by Gasteiger charge is 2.10. The van der Waals surface area contributed by atoms with E-state index in [1.165, 1.54) is 0 Å². The summed E-state index contributed by atoms with van der Waals surface area (Å²) < 4.78 is 1.75. The lowest BCUT2D eigenvalue weighted by Crippen LogP contribution is -1.96. The zero-order valence-corrected chi connectivity index (χ0v) is 9.83. The topological polar surface area (TPSA) is 54.5 Å². The molecule has 3 rings (SSSR count). The number of rotatable bonds is 1. The van der Waals surface area contributed by atoms with E-state index in [4.69, 9.17) is 0 Å². The average molecular weight is 234 g/mol. The summed E-state index contributed by atoms with van der Waals surface area (Å²) in [5.74, 6) is 0. The summed E-state index contributed by atoms with van der Waals surface area (Å²) in [7, 11) is 1.86. The molecule has 0 saturated carbocycles. The summed E-state index contributed by atoms with van der Waals surface area (Å²) >= 11 is 0. The van der Waals surface area contributed by atoms with E-state index in [-0.39, 0.29) is 0 Å². The van der Waals surface area contributed by atoms with Crippen LogP contribution >= 0.6 is 0 Å². The Morgan fingerprint density at radius 2 is 2.11 bits per heavy atom. The molecule has 0 atom stereocenters. The van der Waals surface area contributed by atoms with Gasteiger partial charge in [0.25, 0.3) is 0 Å². The second-order valence-corrected chi connectivity index (χ2v) is 4.05. The van der Waals surface area contributed by atoms with Crippen LogP contribution in [0.1, 0.15) is 5.56 Å². The lowest BCUT2D eigenvalue weighted by atomic mass is 10.0. The monoisotopic (exact) mass is 234 g/mol. The number of benzene rings is 1. The second-order valence-electron chi connectivity index (χ2n) is 4.05. The minimum Gasteiger partial charge on any atom is -0.268 e. The van der Waals surface area contributed by atoms with Crippen molar-refractivity contribution in [3.63, 3.8) is 0 Å². The van der Waals surface area contributed by atoms with E-state index in [1.807, 2.05) is 37.4 Å². The van der Waals surface area contributed by atoms with Crippen molar-refractivity contribution < 1.29 is 0 Å². The average Bonchev–Trinajstić information content (AvgIpc) is 2.83. The Hall–Kier alpha value is -2.67. The van der Waals surface area contributed by atoms with Gasteiger partial charge in [0.15, 0.2) is 0 Å². The highest BCUT2D eigenvalue weighted by atomic mass is 15.3. The molecule has 0 fully saturated rings. The number of aryl methyl sites for hydroxylation is 1. The van der Waals surface area contributed by atoms with Gasteiger partial charge in [-0.15, -0.1) is 0 Å². The first-order valence-corrected chi connectivity index (χ1v) is 5.57. The number of nitriles is 1. The van der Waals surface area contributed by atoms with Gasteiger partial charge < -0.3 is 0 Å². The van der Waals surface area contributed by atoms with E-state index >= 15 is 0 Å². The number of aromatic nitrogens is 3. The summed E-state index contributed by atoms with van der Waals surface area (Å²) in [6, 6.07) is 11.8. The van der Waals surface area contributed by atoms with Crippen molar-refractivity contribution in [3.05, 3.63) is 48.3 Å². The van der Waals surface area contributed by atoms with Gasteiger partial charge in [0, 0.05) is 30.4 Å². The van der Waals surface area contributed by atoms with Crippen LogP contribution in [0.15, 0.2) is 42.7 Å². The number of nitrogens with zero attached hydrogens (tertiary/aromatic N) is 4. The van der Waals surface area contributed by atoms with Gasteiger partial charge in [-0.2, -0.15) is 10.4 Å². The SMILES string of the molecule is Cn1nccc1-c1cc2ncccc2cc1C#N. The van der Waals surface area contributed by atoms with Crippen LogP contribution in [0.3, 0.4) is 0 Å². The van der Waals surface area contributed by atoms with Gasteiger partial charge in [-0.1, -0.05) is 6.07 Å². The molecular weight excluding hydrogens is 224 g/mol. The lowest BCUT2D eigenvalue weighted by molar-refractivity contribution is 0.776. The molecule has 0 bridgehead atoms. The zero-order valence-electron chi connectivity index (χ0n) is 9.83. The first-order chi connectivity index (χ1) is 8.79. The summed E-state index contributed by atoms with van der Waals surface area (Å²) in [4.78, 5) is 4.32. The molecule has 4 heteroatoms. The van der Waals surface area contributed by atoms with Gasteiger partial charge in [-0.05, 0) is 24.3 Å². The van der Waals surface area contributed by atoms with E-state index in [0.717, 1.165) is 22.2 Å². The predicted octanol–water partition coefficient (Wildman–Crippen LogP) is 2.51. The maximum absolute atomic E-state index is 9.27. The highest BCUT2D eigenvalue weighted by Crippen LogP contribution is 2.26. The third-order valence-electron chi connectivity index (χ3n) is 2.96. The van der Waals surface area contributed by atoms with Gasteiger partial charge in [0.1, 0.15) is 0 Å². The zero-order chi connectivity index (χ0) is 12.5. The Morgan fingerprint density at radius 1 is 1.22 bits per heavy atom. The van der Waals surface area contributed by atoms with Crippen LogP contribution in [-0.2, 0) is 7.05 Å². The van der Waals surface area contributed by atoms with E-state index in [2.05, 4.69) is 16.2 Å². The second kappa shape index (κ2) is 3.97. The first-order valence-electron chi connectivity index (χ1n) is 5.57. The Bertz CT molecular complexity index is 765.